The van der Waals surface area contributed by atoms with E-state index in [0.717, 1.165) is 11.1 Å². The van der Waals surface area contributed by atoms with Crippen LogP contribution < -0.4 is 11.1 Å². The summed E-state index contributed by atoms with van der Waals surface area (Å²) >= 11 is 1.34. The van der Waals surface area contributed by atoms with Gasteiger partial charge < -0.3 is 11.1 Å². The van der Waals surface area contributed by atoms with Gasteiger partial charge in [-0.2, -0.15) is 0 Å². The van der Waals surface area contributed by atoms with Gasteiger partial charge in [0.1, 0.15) is 10.6 Å². The van der Waals surface area contributed by atoms with Gasteiger partial charge in [0.2, 0.25) is 11.8 Å². The van der Waals surface area contributed by atoms with Crippen LogP contribution in [0, 0.1) is 5.82 Å². The van der Waals surface area contributed by atoms with Gasteiger partial charge in [0.15, 0.2) is 5.17 Å². The third kappa shape index (κ3) is 4.03. The summed E-state index contributed by atoms with van der Waals surface area (Å²) in [6.07, 6.45) is 0. The first-order chi connectivity index (χ1) is 12.8. The molecule has 5 nitrogen and oxygen atoms in total. The lowest BCUT2D eigenvalue weighted by molar-refractivity contribution is -0.121. The minimum absolute atomic E-state index is 0.0947. The summed E-state index contributed by atoms with van der Waals surface area (Å²) in [5, 5.41) is 3.37. The number of nitrogens with two attached hydrogens (primary N) is 1. The second-order valence-corrected chi connectivity index (χ2v) is 8.04. The van der Waals surface area contributed by atoms with Crippen molar-refractivity contribution in [3.05, 3.63) is 71.0 Å². The van der Waals surface area contributed by atoms with Crippen molar-refractivity contribution < 1.29 is 14.0 Å². The Morgan fingerprint density at radius 3 is 2.44 bits per heavy atom. The predicted octanol–water partition coefficient (Wildman–Crippen LogP) is 3.16. The van der Waals surface area contributed by atoms with Gasteiger partial charge in [0, 0.05) is 18.0 Å². The van der Waals surface area contributed by atoms with Crippen LogP contribution in [-0.2, 0) is 9.54 Å². The normalized spacial score (nSPS) is 21.9. The fraction of sp³-hybridized carbons (Fsp3) is 0.250. The lowest BCUT2D eigenvalue weighted by atomic mass is 9.98. The van der Waals surface area contributed by atoms with Crippen LogP contribution in [0.5, 0.6) is 0 Å². The van der Waals surface area contributed by atoms with Crippen LogP contribution in [0.25, 0.3) is 0 Å². The number of hydrogen-bond acceptors (Lipinski definition) is 4. The zero-order chi connectivity index (χ0) is 19.6. The predicted molar refractivity (Wildman–Crippen MR) is 105 cm³/mol. The highest BCUT2D eigenvalue weighted by Crippen LogP contribution is 2.41. The van der Waals surface area contributed by atoms with Gasteiger partial charge in [0.25, 0.3) is 0 Å². The van der Waals surface area contributed by atoms with E-state index in [1.807, 2.05) is 13.8 Å². The van der Waals surface area contributed by atoms with E-state index in [9.17, 15) is 14.0 Å². The molecule has 2 unspecified atom stereocenters. The highest BCUT2D eigenvalue weighted by atomic mass is 32.2. The van der Waals surface area contributed by atoms with Crippen LogP contribution in [0.4, 0.5) is 4.39 Å². The minimum atomic E-state index is -0.825. The van der Waals surface area contributed by atoms with Crippen molar-refractivity contribution in [2.45, 2.75) is 24.5 Å². The molecular formula is C20H20FN3O2S. The number of rotatable bonds is 5. The van der Waals surface area contributed by atoms with Crippen LogP contribution in [0.2, 0.25) is 0 Å². The molecule has 0 spiro atoms. The highest BCUT2D eigenvalue weighted by molar-refractivity contribution is 8.15. The molecule has 1 aliphatic rings. The van der Waals surface area contributed by atoms with Gasteiger partial charge in [-0.15, -0.1) is 0 Å². The first-order valence-corrected chi connectivity index (χ1v) is 9.32. The van der Waals surface area contributed by atoms with Crippen molar-refractivity contribution in [2.75, 3.05) is 6.54 Å². The number of carbonyl (C=O) groups is 2. The zero-order valence-electron chi connectivity index (χ0n) is 15.0. The molecule has 3 rings (SSSR count). The Hall–Kier alpha value is -2.67. The zero-order valence-corrected chi connectivity index (χ0v) is 15.8. The Labute approximate surface area is 161 Å². The van der Waals surface area contributed by atoms with Crippen molar-refractivity contribution in [2.24, 2.45) is 10.7 Å². The summed E-state index contributed by atoms with van der Waals surface area (Å²) < 4.78 is 12.2. The fourth-order valence-electron chi connectivity index (χ4n) is 2.81. The van der Waals surface area contributed by atoms with Crippen LogP contribution in [-0.4, -0.2) is 23.5 Å². The molecule has 7 heteroatoms. The van der Waals surface area contributed by atoms with E-state index in [2.05, 4.69) is 10.3 Å². The third-order valence-corrected chi connectivity index (χ3v) is 5.88. The summed E-state index contributed by atoms with van der Waals surface area (Å²) in [7, 11) is 0. The summed E-state index contributed by atoms with van der Waals surface area (Å²) in [5.41, 5.74) is 7.41. The number of hydrogen-bond donors (Lipinski definition) is 2. The monoisotopic (exact) mass is 385 g/mol. The van der Waals surface area contributed by atoms with Gasteiger partial charge in [-0.25, -0.2) is 4.39 Å². The van der Waals surface area contributed by atoms with E-state index in [-0.39, 0.29) is 17.6 Å². The maximum atomic E-state index is 13.0. The molecule has 0 radical (unpaired) electrons. The summed E-state index contributed by atoms with van der Waals surface area (Å²) in [6.45, 7) is 4.30. The standard InChI is InChI=1S/C20H20FN3O2S/c1-12(13-5-9-16(21)10-6-13)11-23-19-24-18(26)20(2,27-19)15-7-3-14(4-8-15)17(22)25/h3-10,12H,11H2,1-2H3,(H2,22,25)(H,23,24,26). The minimum Gasteiger partial charge on any atom is -0.366 e. The second kappa shape index (κ2) is 7.52. The van der Waals surface area contributed by atoms with Crippen molar-refractivity contribution in [1.82, 2.24) is 5.32 Å². The number of amides is 2. The van der Waals surface area contributed by atoms with E-state index in [1.165, 1.54) is 23.9 Å². The van der Waals surface area contributed by atoms with Gasteiger partial charge in [-0.05, 0) is 42.3 Å². The Morgan fingerprint density at radius 1 is 1.22 bits per heavy atom. The fourth-order valence-corrected chi connectivity index (χ4v) is 3.88. The summed E-state index contributed by atoms with van der Waals surface area (Å²) in [6, 6.07) is 13.0. The first-order valence-electron chi connectivity index (χ1n) is 8.50. The largest absolute Gasteiger partial charge is 0.366 e. The maximum absolute atomic E-state index is 13.0. The Kier molecular flexibility index (Phi) is 5.32. The van der Waals surface area contributed by atoms with E-state index in [4.69, 9.17) is 5.73 Å². The number of halogens is 1. The number of aliphatic imine (C=N–C) groups is 1. The lowest BCUT2D eigenvalue weighted by Crippen LogP contribution is -2.31. The molecule has 140 valence electrons. The Morgan fingerprint density at radius 2 is 1.85 bits per heavy atom. The summed E-state index contributed by atoms with van der Waals surface area (Å²) in [5.74, 6) is -0.842. The lowest BCUT2D eigenvalue weighted by Gasteiger charge is -2.19. The highest BCUT2D eigenvalue weighted by Gasteiger charge is 2.44. The Balaban J connectivity index is 1.72. The number of benzene rings is 2. The molecule has 2 amide bonds. The average Bonchev–Trinajstić information content (AvgIpc) is 2.95. The van der Waals surface area contributed by atoms with Crippen LogP contribution in [0.1, 0.15) is 41.3 Å². The van der Waals surface area contributed by atoms with E-state index in [1.54, 1.807) is 36.4 Å². The number of nitrogens with zero attached hydrogens (tertiary/aromatic N) is 1. The topological polar surface area (TPSA) is 84.6 Å². The van der Waals surface area contributed by atoms with Gasteiger partial charge >= 0.3 is 0 Å². The molecular weight excluding hydrogens is 365 g/mol. The molecule has 1 heterocycles. The number of nitrogens with one attached hydrogen (secondary N) is 1. The number of amidine groups is 1. The molecule has 27 heavy (non-hydrogen) atoms. The third-order valence-electron chi connectivity index (χ3n) is 4.62. The van der Waals surface area contributed by atoms with Crippen LogP contribution >= 0.6 is 11.8 Å². The van der Waals surface area contributed by atoms with Crippen LogP contribution in [0.3, 0.4) is 0 Å². The molecule has 0 aromatic heterocycles. The molecule has 3 N–H and O–H groups in total. The van der Waals surface area contributed by atoms with Gasteiger partial charge in [-0.1, -0.05) is 43.0 Å². The average molecular weight is 385 g/mol. The molecule has 1 fully saturated rings. The molecule has 2 atom stereocenters. The quantitative estimate of drug-likeness (QED) is 0.829. The van der Waals surface area contributed by atoms with Crippen molar-refractivity contribution in [1.29, 1.82) is 0 Å². The number of primary amides is 1. The summed E-state index contributed by atoms with van der Waals surface area (Å²) in [4.78, 5) is 28.3. The SMILES string of the molecule is CC(CN=C1NC(=O)C(C)(c2ccc(C(N)=O)cc2)S1)c1ccc(F)cc1. The van der Waals surface area contributed by atoms with Crippen LogP contribution in [0.15, 0.2) is 53.5 Å². The first kappa shape index (κ1) is 19.1. The molecule has 2 aromatic carbocycles. The van der Waals surface area contributed by atoms with Gasteiger partial charge in [0.05, 0.1) is 0 Å². The molecule has 0 bridgehead atoms. The molecule has 1 saturated heterocycles. The maximum Gasteiger partial charge on any atom is 0.248 e. The van der Waals surface area contributed by atoms with Gasteiger partial charge in [-0.3, -0.25) is 14.6 Å². The molecule has 0 saturated carbocycles. The van der Waals surface area contributed by atoms with E-state index in [0.29, 0.717) is 17.3 Å². The Bertz CT molecular complexity index is 896. The van der Waals surface area contributed by atoms with Crippen molar-refractivity contribution >= 4 is 28.7 Å². The second-order valence-electron chi connectivity index (χ2n) is 6.63. The molecule has 2 aromatic rings. The molecule has 1 aliphatic heterocycles. The number of carbonyl (C=O) groups excluding carboxylic acids is 2. The van der Waals surface area contributed by atoms with Crippen molar-refractivity contribution in [3.63, 3.8) is 0 Å². The smallest absolute Gasteiger partial charge is 0.248 e. The van der Waals surface area contributed by atoms with E-state index >= 15 is 0 Å². The van der Waals surface area contributed by atoms with E-state index < -0.39 is 10.7 Å². The molecule has 0 aliphatic carbocycles. The number of thioether (sulfide) groups is 1. The van der Waals surface area contributed by atoms with Crippen molar-refractivity contribution in [3.8, 4) is 0 Å².